The summed E-state index contributed by atoms with van der Waals surface area (Å²) in [6.45, 7) is 3.69. The first-order valence-electron chi connectivity index (χ1n) is 5.82. The molecule has 0 aromatic rings. The van der Waals surface area contributed by atoms with Crippen molar-refractivity contribution in [3.05, 3.63) is 11.1 Å². The van der Waals surface area contributed by atoms with Crippen molar-refractivity contribution < 1.29 is 9.59 Å². The van der Waals surface area contributed by atoms with Crippen LogP contribution in [0.2, 0.25) is 0 Å². The van der Waals surface area contributed by atoms with Gasteiger partial charge >= 0.3 is 0 Å². The molecule has 0 fully saturated rings. The van der Waals surface area contributed by atoms with Crippen LogP contribution in [0.4, 0.5) is 0 Å². The predicted octanol–water partition coefficient (Wildman–Crippen LogP) is 3.21. The van der Waals surface area contributed by atoms with E-state index in [1.807, 2.05) is 0 Å². The quantitative estimate of drug-likeness (QED) is 0.650. The van der Waals surface area contributed by atoms with Gasteiger partial charge < -0.3 is 4.79 Å². The number of rotatable bonds is 5. The van der Waals surface area contributed by atoms with Gasteiger partial charge in [-0.3, -0.25) is 4.79 Å². The Morgan fingerprint density at radius 1 is 1.27 bits per heavy atom. The fourth-order valence-electron chi connectivity index (χ4n) is 2.08. The fourth-order valence-corrected chi connectivity index (χ4v) is 2.08. The van der Waals surface area contributed by atoms with Crippen molar-refractivity contribution in [2.24, 2.45) is 0 Å². The highest BCUT2D eigenvalue weighted by molar-refractivity contribution is 5.96. The number of ketones is 2. The van der Waals surface area contributed by atoms with Crippen LogP contribution in [0.5, 0.6) is 0 Å². The van der Waals surface area contributed by atoms with Crippen LogP contribution in [0.15, 0.2) is 11.1 Å². The third-order valence-corrected chi connectivity index (χ3v) is 3.01. The molecular weight excluding hydrogens is 188 g/mol. The third kappa shape index (κ3) is 3.98. The van der Waals surface area contributed by atoms with Crippen molar-refractivity contribution in [1.82, 2.24) is 0 Å². The summed E-state index contributed by atoms with van der Waals surface area (Å²) in [7, 11) is 0. The van der Waals surface area contributed by atoms with E-state index in [0.717, 1.165) is 44.1 Å². The lowest BCUT2D eigenvalue weighted by molar-refractivity contribution is -0.117. The Hall–Kier alpha value is -0.920. The summed E-state index contributed by atoms with van der Waals surface area (Å²) in [6.07, 6.45) is 6.23. The summed E-state index contributed by atoms with van der Waals surface area (Å²) in [5.74, 6) is 0.581. The molecule has 2 nitrogen and oxygen atoms in total. The molecule has 1 aliphatic rings. The van der Waals surface area contributed by atoms with E-state index in [2.05, 4.69) is 6.92 Å². The van der Waals surface area contributed by atoms with E-state index in [1.165, 1.54) is 5.57 Å². The van der Waals surface area contributed by atoms with E-state index in [0.29, 0.717) is 12.2 Å². The molecule has 0 aliphatic heterocycles. The van der Waals surface area contributed by atoms with Gasteiger partial charge in [0, 0.05) is 12.8 Å². The standard InChI is InChI=1S/C13H20O2/c1-10-6-5-9-13(15)12(10)8-4-3-7-11(2)14/h3-9H2,1-2H3. The first kappa shape index (κ1) is 12.2. The monoisotopic (exact) mass is 208 g/mol. The largest absolute Gasteiger partial charge is 0.300 e. The summed E-state index contributed by atoms with van der Waals surface area (Å²) >= 11 is 0. The Kier molecular flexibility index (Phi) is 4.73. The van der Waals surface area contributed by atoms with Gasteiger partial charge in [0.05, 0.1) is 0 Å². The minimum Gasteiger partial charge on any atom is -0.300 e. The maximum atomic E-state index is 11.6. The maximum Gasteiger partial charge on any atom is 0.158 e. The molecule has 0 heterocycles. The molecule has 0 N–H and O–H groups in total. The van der Waals surface area contributed by atoms with Crippen LogP contribution < -0.4 is 0 Å². The fraction of sp³-hybridized carbons (Fsp3) is 0.692. The van der Waals surface area contributed by atoms with Crippen molar-refractivity contribution >= 4 is 11.6 Å². The third-order valence-electron chi connectivity index (χ3n) is 3.01. The zero-order chi connectivity index (χ0) is 11.3. The number of hydrogen-bond acceptors (Lipinski definition) is 2. The van der Waals surface area contributed by atoms with Crippen molar-refractivity contribution in [2.75, 3.05) is 0 Å². The van der Waals surface area contributed by atoms with Crippen LogP contribution in [0.1, 0.15) is 58.8 Å². The zero-order valence-corrected chi connectivity index (χ0v) is 9.77. The number of carbonyl (C=O) groups is 2. The Morgan fingerprint density at radius 3 is 2.60 bits per heavy atom. The zero-order valence-electron chi connectivity index (χ0n) is 9.77. The number of carbonyl (C=O) groups excluding carboxylic acids is 2. The molecule has 0 spiro atoms. The maximum absolute atomic E-state index is 11.6. The molecule has 15 heavy (non-hydrogen) atoms. The van der Waals surface area contributed by atoms with Crippen molar-refractivity contribution in [3.63, 3.8) is 0 Å². The molecule has 0 aromatic heterocycles. The smallest absolute Gasteiger partial charge is 0.158 e. The van der Waals surface area contributed by atoms with E-state index in [1.54, 1.807) is 6.92 Å². The summed E-state index contributed by atoms with van der Waals surface area (Å²) in [4.78, 5) is 22.4. The minimum absolute atomic E-state index is 0.246. The molecular formula is C13H20O2. The summed E-state index contributed by atoms with van der Waals surface area (Å²) in [6, 6.07) is 0. The minimum atomic E-state index is 0.246. The Bertz CT molecular complexity index is 287. The van der Waals surface area contributed by atoms with Gasteiger partial charge in [0.15, 0.2) is 5.78 Å². The highest BCUT2D eigenvalue weighted by Gasteiger charge is 2.16. The molecule has 0 bridgehead atoms. The molecule has 0 saturated heterocycles. The van der Waals surface area contributed by atoms with Gasteiger partial charge in [-0.2, -0.15) is 0 Å². The highest BCUT2D eigenvalue weighted by Crippen LogP contribution is 2.25. The summed E-state index contributed by atoms with van der Waals surface area (Å²) < 4.78 is 0. The van der Waals surface area contributed by atoms with Gasteiger partial charge in [-0.05, 0) is 51.5 Å². The topological polar surface area (TPSA) is 34.1 Å². The van der Waals surface area contributed by atoms with Gasteiger partial charge in [0.25, 0.3) is 0 Å². The molecule has 0 saturated carbocycles. The molecule has 1 rings (SSSR count). The van der Waals surface area contributed by atoms with Crippen molar-refractivity contribution in [2.45, 2.75) is 58.8 Å². The van der Waals surface area contributed by atoms with E-state index in [-0.39, 0.29) is 5.78 Å². The summed E-state index contributed by atoms with van der Waals surface area (Å²) in [5.41, 5.74) is 2.32. The Balaban J connectivity index is 2.36. The van der Waals surface area contributed by atoms with Crippen LogP contribution in [0.25, 0.3) is 0 Å². The molecule has 0 aromatic carbocycles. The van der Waals surface area contributed by atoms with Gasteiger partial charge in [-0.1, -0.05) is 5.57 Å². The number of allylic oxidation sites excluding steroid dienone is 2. The first-order valence-corrected chi connectivity index (χ1v) is 5.82. The number of Topliss-reactive ketones (excluding diaryl/α,β-unsaturated/α-hetero) is 2. The second kappa shape index (κ2) is 5.84. The molecule has 0 unspecified atom stereocenters. The highest BCUT2D eigenvalue weighted by atomic mass is 16.1. The normalized spacial score (nSPS) is 17.1. The number of unbranched alkanes of at least 4 members (excludes halogenated alkanes) is 1. The van der Waals surface area contributed by atoms with Crippen LogP contribution >= 0.6 is 0 Å². The second-order valence-corrected chi connectivity index (χ2v) is 4.44. The lowest BCUT2D eigenvalue weighted by atomic mass is 9.88. The van der Waals surface area contributed by atoms with Gasteiger partial charge in [0.1, 0.15) is 5.78 Å². The second-order valence-electron chi connectivity index (χ2n) is 4.44. The van der Waals surface area contributed by atoms with Crippen molar-refractivity contribution in [3.8, 4) is 0 Å². The van der Waals surface area contributed by atoms with Crippen LogP contribution in [-0.2, 0) is 9.59 Å². The average molecular weight is 208 g/mol. The molecule has 84 valence electrons. The number of hydrogen-bond donors (Lipinski definition) is 0. The van der Waals surface area contributed by atoms with Crippen LogP contribution in [0, 0.1) is 0 Å². The molecule has 0 amide bonds. The van der Waals surface area contributed by atoms with E-state index in [9.17, 15) is 9.59 Å². The Labute approximate surface area is 91.7 Å². The van der Waals surface area contributed by atoms with E-state index >= 15 is 0 Å². The molecule has 0 atom stereocenters. The van der Waals surface area contributed by atoms with Gasteiger partial charge in [-0.15, -0.1) is 0 Å². The predicted molar refractivity (Wildman–Crippen MR) is 60.7 cm³/mol. The Morgan fingerprint density at radius 2 is 2.00 bits per heavy atom. The summed E-state index contributed by atoms with van der Waals surface area (Å²) in [5, 5.41) is 0. The molecule has 0 radical (unpaired) electrons. The first-order chi connectivity index (χ1) is 7.11. The lowest BCUT2D eigenvalue weighted by Crippen LogP contribution is -2.10. The molecule has 1 aliphatic carbocycles. The van der Waals surface area contributed by atoms with Crippen molar-refractivity contribution in [1.29, 1.82) is 0 Å². The SMILES string of the molecule is CC(=O)CCCCC1=C(C)CCCC1=O. The van der Waals surface area contributed by atoms with Crippen LogP contribution in [-0.4, -0.2) is 11.6 Å². The van der Waals surface area contributed by atoms with Crippen LogP contribution in [0.3, 0.4) is 0 Å². The van der Waals surface area contributed by atoms with Gasteiger partial charge in [0.2, 0.25) is 0 Å². The lowest BCUT2D eigenvalue weighted by Gasteiger charge is -2.16. The van der Waals surface area contributed by atoms with Gasteiger partial charge in [-0.25, -0.2) is 0 Å². The van der Waals surface area contributed by atoms with E-state index < -0.39 is 0 Å². The average Bonchev–Trinajstić information content (AvgIpc) is 2.15. The molecule has 2 heteroatoms. The van der Waals surface area contributed by atoms with E-state index in [4.69, 9.17) is 0 Å².